The van der Waals surface area contributed by atoms with E-state index in [1.807, 2.05) is 49.4 Å². The lowest BCUT2D eigenvalue weighted by atomic mass is 10.3. The normalized spacial score (nSPS) is 14.4. The van der Waals surface area contributed by atoms with Crippen molar-refractivity contribution in [3.8, 4) is 11.5 Å². The van der Waals surface area contributed by atoms with Gasteiger partial charge in [0, 0.05) is 30.7 Å². The Morgan fingerprint density at radius 2 is 1.88 bits per heavy atom. The van der Waals surface area contributed by atoms with Gasteiger partial charge in [-0.2, -0.15) is 0 Å². The van der Waals surface area contributed by atoms with Crippen molar-refractivity contribution in [3.63, 3.8) is 0 Å². The molecule has 0 bridgehead atoms. The van der Waals surface area contributed by atoms with Gasteiger partial charge in [-0.3, -0.25) is 14.6 Å². The molecule has 0 atom stereocenters. The van der Waals surface area contributed by atoms with E-state index in [-0.39, 0.29) is 12.5 Å². The van der Waals surface area contributed by atoms with Crippen LogP contribution in [-0.4, -0.2) is 68.4 Å². The van der Waals surface area contributed by atoms with Gasteiger partial charge in [0.2, 0.25) is 0 Å². The fourth-order valence-corrected chi connectivity index (χ4v) is 5.19. The van der Waals surface area contributed by atoms with Crippen molar-refractivity contribution in [3.05, 3.63) is 46.9 Å². The SMILES string of the molecule is CCOc1ccc(OCC(=O)N(CCCN2CCOCC2)c2nc3ccc(Br)cc3s2)cc1. The number of carbonyl (C=O) groups excluding carboxylic acids is 1. The number of fused-ring (bicyclic) bond motifs is 1. The van der Waals surface area contributed by atoms with Crippen molar-refractivity contribution in [2.45, 2.75) is 13.3 Å². The molecule has 1 aromatic heterocycles. The van der Waals surface area contributed by atoms with Crippen LogP contribution in [0.1, 0.15) is 13.3 Å². The number of aromatic nitrogens is 1. The summed E-state index contributed by atoms with van der Waals surface area (Å²) in [7, 11) is 0. The number of anilines is 1. The van der Waals surface area contributed by atoms with Crippen molar-refractivity contribution < 1.29 is 19.0 Å². The molecule has 1 aliphatic rings. The van der Waals surface area contributed by atoms with E-state index in [4.69, 9.17) is 19.2 Å². The Morgan fingerprint density at radius 3 is 2.61 bits per heavy atom. The molecule has 0 radical (unpaired) electrons. The topological polar surface area (TPSA) is 64.1 Å². The quantitative estimate of drug-likeness (QED) is 0.379. The molecule has 1 amide bonds. The summed E-state index contributed by atoms with van der Waals surface area (Å²) in [4.78, 5) is 22.1. The summed E-state index contributed by atoms with van der Waals surface area (Å²) in [6.45, 7) is 7.41. The Morgan fingerprint density at radius 1 is 1.15 bits per heavy atom. The first kappa shape index (κ1) is 23.9. The number of nitrogens with zero attached hydrogens (tertiary/aromatic N) is 3. The van der Waals surface area contributed by atoms with Gasteiger partial charge in [0.15, 0.2) is 11.7 Å². The number of amides is 1. The lowest BCUT2D eigenvalue weighted by molar-refractivity contribution is -0.120. The fourth-order valence-electron chi connectivity index (χ4n) is 3.63. The maximum Gasteiger partial charge on any atom is 0.266 e. The van der Waals surface area contributed by atoms with E-state index in [1.165, 1.54) is 11.3 Å². The molecule has 2 heterocycles. The Labute approximate surface area is 206 Å². The molecule has 0 spiro atoms. The molecule has 0 N–H and O–H groups in total. The molecule has 3 aromatic rings. The second-order valence-corrected chi connectivity index (χ2v) is 9.58. The van der Waals surface area contributed by atoms with Gasteiger partial charge in [0.05, 0.1) is 30.0 Å². The summed E-state index contributed by atoms with van der Waals surface area (Å²) in [5.74, 6) is 1.30. The van der Waals surface area contributed by atoms with Crippen LogP contribution < -0.4 is 14.4 Å². The van der Waals surface area contributed by atoms with Gasteiger partial charge in [-0.1, -0.05) is 27.3 Å². The van der Waals surface area contributed by atoms with Crippen LogP contribution in [0.5, 0.6) is 11.5 Å². The zero-order chi connectivity index (χ0) is 23.0. The molecule has 7 nitrogen and oxygen atoms in total. The van der Waals surface area contributed by atoms with E-state index in [2.05, 4.69) is 20.8 Å². The highest BCUT2D eigenvalue weighted by Crippen LogP contribution is 2.31. The number of carbonyl (C=O) groups is 1. The van der Waals surface area contributed by atoms with E-state index in [1.54, 1.807) is 4.90 Å². The van der Waals surface area contributed by atoms with Gasteiger partial charge in [0.1, 0.15) is 11.5 Å². The maximum atomic E-state index is 13.2. The van der Waals surface area contributed by atoms with Crippen LogP contribution in [0, 0.1) is 0 Å². The molecule has 0 aliphatic carbocycles. The molecule has 1 saturated heterocycles. The summed E-state index contributed by atoms with van der Waals surface area (Å²) in [6.07, 6.45) is 0.856. The van der Waals surface area contributed by atoms with Crippen LogP contribution in [0.2, 0.25) is 0 Å². The van der Waals surface area contributed by atoms with Crippen LogP contribution in [0.25, 0.3) is 10.2 Å². The molecule has 1 aliphatic heterocycles. The molecule has 0 unspecified atom stereocenters. The van der Waals surface area contributed by atoms with Crippen molar-refractivity contribution in [1.29, 1.82) is 0 Å². The Hall–Kier alpha value is -2.20. The van der Waals surface area contributed by atoms with Crippen LogP contribution in [0.15, 0.2) is 46.9 Å². The highest BCUT2D eigenvalue weighted by atomic mass is 79.9. The predicted octanol–water partition coefficient (Wildman–Crippen LogP) is 4.59. The zero-order valence-corrected chi connectivity index (χ0v) is 21.1. The number of halogens is 1. The summed E-state index contributed by atoms with van der Waals surface area (Å²) in [6, 6.07) is 13.3. The number of benzene rings is 2. The van der Waals surface area contributed by atoms with Crippen LogP contribution in [0.4, 0.5) is 5.13 Å². The smallest absolute Gasteiger partial charge is 0.266 e. The first-order valence-electron chi connectivity index (χ1n) is 11.1. The summed E-state index contributed by atoms with van der Waals surface area (Å²) >= 11 is 5.03. The van der Waals surface area contributed by atoms with Crippen molar-refractivity contribution in [2.75, 3.05) is 57.5 Å². The molecule has 4 rings (SSSR count). The Kier molecular flexibility index (Phi) is 8.55. The average Bonchev–Trinajstić information content (AvgIpc) is 3.25. The maximum absolute atomic E-state index is 13.2. The number of ether oxygens (including phenoxy) is 3. The van der Waals surface area contributed by atoms with Gasteiger partial charge < -0.3 is 14.2 Å². The summed E-state index contributed by atoms with van der Waals surface area (Å²) in [5, 5.41) is 0.699. The Bertz CT molecular complexity index is 1050. The Balaban J connectivity index is 1.43. The molecular formula is C24H28BrN3O4S. The molecule has 0 saturated carbocycles. The van der Waals surface area contributed by atoms with Gasteiger partial charge in [-0.15, -0.1) is 0 Å². The van der Waals surface area contributed by atoms with Crippen LogP contribution in [0.3, 0.4) is 0 Å². The second kappa shape index (κ2) is 11.8. The van der Waals surface area contributed by atoms with E-state index in [0.29, 0.717) is 24.0 Å². The van der Waals surface area contributed by atoms with Gasteiger partial charge in [-0.05, 0) is 55.8 Å². The summed E-state index contributed by atoms with van der Waals surface area (Å²) in [5.41, 5.74) is 0.886. The van der Waals surface area contributed by atoms with Crippen LogP contribution in [-0.2, 0) is 9.53 Å². The van der Waals surface area contributed by atoms with Gasteiger partial charge in [-0.25, -0.2) is 4.98 Å². The first-order chi connectivity index (χ1) is 16.1. The largest absolute Gasteiger partial charge is 0.494 e. The monoisotopic (exact) mass is 533 g/mol. The molecular weight excluding hydrogens is 506 g/mol. The molecule has 33 heavy (non-hydrogen) atoms. The number of hydrogen-bond donors (Lipinski definition) is 0. The number of thiazole rings is 1. The number of hydrogen-bond acceptors (Lipinski definition) is 7. The third kappa shape index (κ3) is 6.66. The molecule has 1 fully saturated rings. The average molecular weight is 534 g/mol. The number of morpholine rings is 1. The highest BCUT2D eigenvalue weighted by molar-refractivity contribution is 9.10. The third-order valence-electron chi connectivity index (χ3n) is 5.33. The minimum Gasteiger partial charge on any atom is -0.494 e. The molecule has 176 valence electrons. The molecule has 9 heteroatoms. The predicted molar refractivity (Wildman–Crippen MR) is 135 cm³/mol. The third-order valence-corrected chi connectivity index (χ3v) is 6.86. The standard InChI is InChI=1S/C24H28BrN3O4S/c1-2-31-19-5-7-20(8-6-19)32-17-23(29)28(11-3-10-27-12-14-30-15-13-27)24-26-21-9-4-18(25)16-22(21)33-24/h4-9,16H,2-3,10-15,17H2,1H3. The van der Waals surface area contributed by atoms with Crippen molar-refractivity contribution >= 4 is 48.5 Å². The van der Waals surface area contributed by atoms with E-state index in [0.717, 1.165) is 59.7 Å². The number of rotatable bonds is 10. The molecule has 2 aromatic carbocycles. The lowest BCUT2D eigenvalue weighted by Gasteiger charge is -2.27. The van der Waals surface area contributed by atoms with Gasteiger partial charge >= 0.3 is 0 Å². The highest BCUT2D eigenvalue weighted by Gasteiger charge is 2.21. The van der Waals surface area contributed by atoms with E-state index >= 15 is 0 Å². The van der Waals surface area contributed by atoms with E-state index in [9.17, 15) is 4.79 Å². The minimum atomic E-state index is -0.107. The lowest BCUT2D eigenvalue weighted by Crippen LogP contribution is -2.40. The first-order valence-corrected chi connectivity index (χ1v) is 12.8. The minimum absolute atomic E-state index is 0.0504. The van der Waals surface area contributed by atoms with Crippen molar-refractivity contribution in [2.24, 2.45) is 0 Å². The zero-order valence-electron chi connectivity index (χ0n) is 18.7. The van der Waals surface area contributed by atoms with Gasteiger partial charge in [0.25, 0.3) is 5.91 Å². The van der Waals surface area contributed by atoms with Crippen molar-refractivity contribution in [1.82, 2.24) is 9.88 Å². The summed E-state index contributed by atoms with van der Waals surface area (Å²) < 4.78 is 18.7. The fraction of sp³-hybridized carbons (Fsp3) is 0.417. The van der Waals surface area contributed by atoms with E-state index < -0.39 is 0 Å². The second-order valence-electron chi connectivity index (χ2n) is 7.65. The van der Waals surface area contributed by atoms with Crippen LogP contribution >= 0.6 is 27.3 Å².